The third-order valence-electron chi connectivity index (χ3n) is 5.21. The van der Waals surface area contributed by atoms with Crippen molar-refractivity contribution >= 4 is 35.3 Å². The number of hydrogen-bond donors (Lipinski definition) is 4. The summed E-state index contributed by atoms with van der Waals surface area (Å²) < 4.78 is 11.5. The Bertz CT molecular complexity index is 1000. The Balaban J connectivity index is 2.17. The molecule has 36 heavy (non-hydrogen) atoms. The van der Waals surface area contributed by atoms with Gasteiger partial charge in [0.25, 0.3) is 0 Å². The number of benzene rings is 2. The van der Waals surface area contributed by atoms with Crippen molar-refractivity contribution in [3.8, 4) is 11.5 Å². The molecule has 0 aliphatic carbocycles. The van der Waals surface area contributed by atoms with E-state index in [-0.39, 0.29) is 36.1 Å². The lowest BCUT2D eigenvalue weighted by atomic mass is 10.2. The quantitative estimate of drug-likeness (QED) is 0.260. The van der Waals surface area contributed by atoms with Gasteiger partial charge >= 0.3 is 23.9 Å². The predicted molar refractivity (Wildman–Crippen MR) is 128 cm³/mol. The molecular weight excluding hydrogens is 476 g/mol. The van der Waals surface area contributed by atoms with Crippen molar-refractivity contribution in [1.82, 2.24) is 0 Å². The number of aliphatic carboxylic acids is 4. The molecule has 12 heteroatoms. The minimum Gasteiger partial charge on any atom is -0.488 e. The van der Waals surface area contributed by atoms with Crippen LogP contribution in [0.5, 0.6) is 11.5 Å². The number of para-hydroxylation sites is 4. The van der Waals surface area contributed by atoms with Crippen LogP contribution in [0.25, 0.3) is 0 Å². The van der Waals surface area contributed by atoms with E-state index in [9.17, 15) is 39.6 Å². The lowest BCUT2D eigenvalue weighted by Gasteiger charge is -2.29. The van der Waals surface area contributed by atoms with Crippen LogP contribution >= 0.6 is 0 Å². The molecule has 0 amide bonds. The van der Waals surface area contributed by atoms with Crippen LogP contribution in [-0.2, 0) is 19.2 Å². The molecule has 0 aliphatic rings. The summed E-state index contributed by atoms with van der Waals surface area (Å²) >= 11 is 0. The number of carboxylic acid groups (broad SMARTS) is 4. The van der Waals surface area contributed by atoms with Gasteiger partial charge < -0.3 is 39.7 Å². The summed E-state index contributed by atoms with van der Waals surface area (Å²) in [7, 11) is 0. The summed E-state index contributed by atoms with van der Waals surface area (Å²) in [5.41, 5.74) is 0.552. The van der Waals surface area contributed by atoms with Crippen LogP contribution in [-0.4, -0.2) is 82.7 Å². The highest BCUT2D eigenvalue weighted by Crippen LogP contribution is 2.31. The molecule has 2 rings (SSSR count). The average molecular weight is 504 g/mol. The Morgan fingerprint density at radius 3 is 1.31 bits per heavy atom. The van der Waals surface area contributed by atoms with Gasteiger partial charge in [0.15, 0.2) is 0 Å². The van der Waals surface area contributed by atoms with Gasteiger partial charge in [0, 0.05) is 0 Å². The van der Waals surface area contributed by atoms with Crippen LogP contribution in [0.4, 0.5) is 11.4 Å². The second kappa shape index (κ2) is 12.8. The van der Waals surface area contributed by atoms with Crippen molar-refractivity contribution in [1.29, 1.82) is 0 Å². The fourth-order valence-electron chi connectivity index (χ4n) is 3.36. The molecule has 0 saturated heterocycles. The van der Waals surface area contributed by atoms with E-state index >= 15 is 0 Å². The molecule has 12 nitrogen and oxygen atoms in total. The van der Waals surface area contributed by atoms with E-state index in [2.05, 4.69) is 0 Å². The van der Waals surface area contributed by atoms with E-state index in [1.165, 1.54) is 23.6 Å². The third-order valence-corrected chi connectivity index (χ3v) is 5.21. The number of carboxylic acids is 4. The minimum absolute atomic E-state index is 0.0267. The molecule has 0 spiro atoms. The zero-order valence-electron chi connectivity index (χ0n) is 19.7. The second-order valence-electron chi connectivity index (χ2n) is 7.70. The van der Waals surface area contributed by atoms with Crippen LogP contribution in [0.1, 0.15) is 13.8 Å². The molecule has 2 unspecified atom stereocenters. The molecule has 0 fully saturated rings. The van der Waals surface area contributed by atoms with Crippen LogP contribution in [0.15, 0.2) is 48.5 Å². The molecule has 2 aromatic carbocycles. The highest BCUT2D eigenvalue weighted by atomic mass is 16.5. The molecule has 4 N–H and O–H groups in total. The molecule has 0 saturated carbocycles. The summed E-state index contributed by atoms with van der Waals surface area (Å²) in [6.07, 6.45) is 0. The van der Waals surface area contributed by atoms with E-state index in [1.54, 1.807) is 48.5 Å². The lowest BCUT2D eigenvalue weighted by molar-refractivity contribution is -0.140. The van der Waals surface area contributed by atoms with E-state index in [0.717, 1.165) is 0 Å². The van der Waals surface area contributed by atoms with Crippen molar-refractivity contribution in [3.05, 3.63) is 48.5 Å². The first-order valence-electron chi connectivity index (χ1n) is 10.9. The van der Waals surface area contributed by atoms with E-state index < -0.39 is 49.1 Å². The number of nitrogens with zero attached hydrogens (tertiary/aromatic N) is 2. The Morgan fingerprint density at radius 1 is 0.667 bits per heavy atom. The molecule has 0 heterocycles. The van der Waals surface area contributed by atoms with Gasteiger partial charge in [0.05, 0.1) is 11.4 Å². The molecule has 2 aromatic rings. The van der Waals surface area contributed by atoms with Gasteiger partial charge in [-0.25, -0.2) is 9.59 Å². The Hall–Kier alpha value is -4.48. The van der Waals surface area contributed by atoms with Crippen molar-refractivity contribution in [3.63, 3.8) is 0 Å². The first-order chi connectivity index (χ1) is 17.0. The first kappa shape index (κ1) is 27.8. The Labute approximate surface area is 206 Å². The maximum absolute atomic E-state index is 11.5. The van der Waals surface area contributed by atoms with Crippen LogP contribution in [0.2, 0.25) is 0 Å². The third kappa shape index (κ3) is 7.52. The number of carbonyl (C=O) groups is 4. The van der Waals surface area contributed by atoms with Gasteiger partial charge in [-0.05, 0) is 38.1 Å². The van der Waals surface area contributed by atoms with E-state index in [4.69, 9.17) is 9.47 Å². The fourth-order valence-corrected chi connectivity index (χ4v) is 3.36. The van der Waals surface area contributed by atoms with Gasteiger partial charge in [0.2, 0.25) is 0 Å². The van der Waals surface area contributed by atoms with Gasteiger partial charge in [-0.3, -0.25) is 9.59 Å². The van der Waals surface area contributed by atoms with Gasteiger partial charge in [-0.2, -0.15) is 0 Å². The van der Waals surface area contributed by atoms with E-state index in [1.807, 2.05) is 0 Å². The fraction of sp³-hybridized carbons (Fsp3) is 0.333. The average Bonchev–Trinajstić information content (AvgIpc) is 2.83. The summed E-state index contributed by atoms with van der Waals surface area (Å²) in [5.74, 6) is -4.33. The largest absolute Gasteiger partial charge is 0.488 e. The molecule has 2 atom stereocenters. The monoisotopic (exact) mass is 504 g/mol. The summed E-state index contributed by atoms with van der Waals surface area (Å²) in [5, 5.41) is 37.2. The zero-order chi connectivity index (χ0) is 26.8. The van der Waals surface area contributed by atoms with Crippen molar-refractivity contribution < 1.29 is 49.1 Å². The Kier molecular flexibility index (Phi) is 9.90. The summed E-state index contributed by atoms with van der Waals surface area (Å²) in [6, 6.07) is 10.5. The highest BCUT2D eigenvalue weighted by Gasteiger charge is 2.27. The summed E-state index contributed by atoms with van der Waals surface area (Å²) in [6.45, 7) is 1.56. The molecule has 0 bridgehead atoms. The SMILES string of the molecule is CC(C(=O)O)N(CC(=O)O)c1ccccc1OCCOc1ccccc1N(CC(=O)O)C(C)C(=O)O. The second-order valence-corrected chi connectivity index (χ2v) is 7.70. The van der Waals surface area contributed by atoms with Gasteiger partial charge in [0.1, 0.15) is 49.9 Å². The topological polar surface area (TPSA) is 174 Å². The van der Waals surface area contributed by atoms with Gasteiger partial charge in [-0.1, -0.05) is 24.3 Å². The molecule has 0 radical (unpaired) electrons. The number of anilines is 2. The van der Waals surface area contributed by atoms with Gasteiger partial charge in [-0.15, -0.1) is 0 Å². The number of hydrogen-bond acceptors (Lipinski definition) is 8. The van der Waals surface area contributed by atoms with Crippen LogP contribution in [0.3, 0.4) is 0 Å². The van der Waals surface area contributed by atoms with E-state index in [0.29, 0.717) is 0 Å². The number of rotatable bonds is 15. The van der Waals surface area contributed by atoms with Crippen LogP contribution < -0.4 is 19.3 Å². The molecule has 0 aromatic heterocycles. The standard InChI is InChI=1S/C24H28N2O10/c1-15(23(31)32)25(13-21(27)28)17-7-3-5-9-19(17)35-11-12-36-20-10-6-4-8-18(20)26(14-22(29)30)16(2)24(33)34/h3-10,15-16H,11-14H2,1-2H3,(H,27,28)(H,29,30)(H,31,32)(H,33,34). The predicted octanol–water partition coefficient (Wildman–Crippen LogP) is 1.87. The van der Waals surface area contributed by atoms with Crippen molar-refractivity contribution in [2.45, 2.75) is 25.9 Å². The Morgan fingerprint density at radius 2 is 1.00 bits per heavy atom. The maximum Gasteiger partial charge on any atom is 0.326 e. The first-order valence-corrected chi connectivity index (χ1v) is 10.9. The molecular formula is C24H28N2O10. The lowest BCUT2D eigenvalue weighted by Crippen LogP contribution is -2.42. The smallest absolute Gasteiger partial charge is 0.326 e. The van der Waals surface area contributed by atoms with Crippen molar-refractivity contribution in [2.24, 2.45) is 0 Å². The maximum atomic E-state index is 11.5. The highest BCUT2D eigenvalue weighted by molar-refractivity contribution is 5.84. The van der Waals surface area contributed by atoms with Crippen LogP contribution in [0, 0.1) is 0 Å². The summed E-state index contributed by atoms with van der Waals surface area (Å²) in [4.78, 5) is 48.0. The number of ether oxygens (including phenoxy) is 2. The minimum atomic E-state index is -1.21. The molecule has 194 valence electrons. The van der Waals surface area contributed by atoms with Crippen molar-refractivity contribution in [2.75, 3.05) is 36.1 Å². The molecule has 0 aliphatic heterocycles. The normalized spacial score (nSPS) is 12.2. The zero-order valence-corrected chi connectivity index (χ0v) is 19.7.